The van der Waals surface area contributed by atoms with Gasteiger partial charge in [-0.15, -0.1) is 22.7 Å². The zero-order valence-electron chi connectivity index (χ0n) is 13.7. The Bertz CT molecular complexity index is 1210. The van der Waals surface area contributed by atoms with Gasteiger partial charge < -0.3 is 15.4 Å². The molecule has 0 aromatic carbocycles. The van der Waals surface area contributed by atoms with Crippen LogP contribution in [0.1, 0.15) is 12.1 Å². The molecule has 5 heterocycles. The molecule has 0 saturated heterocycles. The second-order valence-corrected chi connectivity index (χ2v) is 7.71. The third-order valence-electron chi connectivity index (χ3n) is 4.25. The molecule has 0 spiro atoms. The smallest absolute Gasteiger partial charge is 0.291 e. The third-order valence-corrected chi connectivity index (χ3v) is 5.96. The summed E-state index contributed by atoms with van der Waals surface area (Å²) in [7, 11) is 1.87. The predicted octanol–water partition coefficient (Wildman–Crippen LogP) is 1.09. The third kappa shape index (κ3) is 2.40. The topological polar surface area (TPSA) is 102 Å². The van der Waals surface area contributed by atoms with E-state index in [4.69, 9.17) is 4.98 Å². The number of fused-ring (bicyclic) bond motifs is 3. The number of nitrogens with one attached hydrogen (secondary N) is 3. The number of nitrogens with zero attached hydrogens (tertiary/aromatic N) is 5. The number of hydrogen-bond donors (Lipinski definition) is 3. The minimum absolute atomic E-state index is 0. The molecule has 0 fully saturated rings. The summed E-state index contributed by atoms with van der Waals surface area (Å²) < 4.78 is 4.30. The van der Waals surface area contributed by atoms with E-state index in [0.717, 1.165) is 32.1 Å². The van der Waals surface area contributed by atoms with Gasteiger partial charge in [0.2, 0.25) is 0 Å². The molecule has 134 valence electrons. The zero-order chi connectivity index (χ0) is 17.7. The van der Waals surface area contributed by atoms with E-state index in [-0.39, 0.29) is 6.99 Å². The van der Waals surface area contributed by atoms with Crippen LogP contribution in [0.4, 0.5) is 0 Å². The van der Waals surface area contributed by atoms with E-state index < -0.39 is 0 Å². The molecule has 0 atom stereocenters. The van der Waals surface area contributed by atoms with Gasteiger partial charge in [0.1, 0.15) is 10.5 Å². The van der Waals surface area contributed by atoms with Gasteiger partial charge in [-0.25, -0.2) is 14.6 Å². The second-order valence-electron chi connectivity index (χ2n) is 5.91. The van der Waals surface area contributed by atoms with Crippen molar-refractivity contribution in [2.24, 2.45) is 7.05 Å². The van der Waals surface area contributed by atoms with Crippen molar-refractivity contribution in [1.82, 2.24) is 40.7 Å². The molecular formula is C15H16N8OS2. The average Bonchev–Trinajstić information content (AvgIpc) is 3.39. The molecule has 9 nitrogen and oxygen atoms in total. The van der Waals surface area contributed by atoms with Crippen molar-refractivity contribution in [3.8, 4) is 0 Å². The fourth-order valence-corrected chi connectivity index (χ4v) is 4.70. The molecule has 0 radical (unpaired) electrons. The van der Waals surface area contributed by atoms with Crippen molar-refractivity contribution in [3.05, 3.63) is 50.0 Å². The quantitative estimate of drug-likeness (QED) is 0.481. The van der Waals surface area contributed by atoms with Crippen LogP contribution in [0.2, 0.25) is 0 Å². The summed E-state index contributed by atoms with van der Waals surface area (Å²) in [5.74, 6) is 0. The number of rotatable bonds is 4. The Morgan fingerprint density at radius 2 is 2.31 bits per heavy atom. The van der Waals surface area contributed by atoms with Gasteiger partial charge in [0.25, 0.3) is 5.56 Å². The van der Waals surface area contributed by atoms with E-state index in [9.17, 15) is 4.79 Å². The number of aromatic nitrogens is 5. The first-order valence-electron chi connectivity index (χ1n) is 7.87. The predicted molar refractivity (Wildman–Crippen MR) is 103 cm³/mol. The number of allylic oxidation sites excluding steroid dienone is 1. The number of hydrazine groups is 2. The van der Waals surface area contributed by atoms with Crippen LogP contribution in [-0.4, -0.2) is 24.3 Å². The highest BCUT2D eigenvalue weighted by Gasteiger charge is 2.19. The Kier molecular flexibility index (Phi) is 3.51. The number of thiazole rings is 2. The molecule has 5 rings (SSSR count). The maximum atomic E-state index is 12.9. The molecule has 4 aromatic rings. The molecule has 4 aromatic heterocycles. The summed E-state index contributed by atoms with van der Waals surface area (Å²) in [6, 6.07) is 0. The summed E-state index contributed by atoms with van der Waals surface area (Å²) in [6.45, 7) is 0.371. The standard InChI is InChI=1S/C15H14N8OS2.H2/c1-22-12-10(4-18-23(15(12)24)5-9-6-25-7-16-9)13-14(22)19-11(26-13)2-8-3-17-21-20-8;/h3-4,6-7,17,20-21H,2,5H2,1H3;1H. The van der Waals surface area contributed by atoms with Crippen molar-refractivity contribution < 1.29 is 1.43 Å². The monoisotopic (exact) mass is 388 g/mol. The lowest BCUT2D eigenvalue weighted by molar-refractivity contribution is 0.594. The molecule has 1 aliphatic rings. The molecule has 1 aliphatic heterocycles. The highest BCUT2D eigenvalue weighted by Crippen LogP contribution is 2.31. The molecular weight excluding hydrogens is 372 g/mol. The summed E-state index contributed by atoms with van der Waals surface area (Å²) in [5, 5.41) is 8.09. The first kappa shape index (κ1) is 15.5. The first-order valence-corrected chi connectivity index (χ1v) is 9.63. The summed E-state index contributed by atoms with van der Waals surface area (Å²) >= 11 is 3.09. The van der Waals surface area contributed by atoms with Crippen LogP contribution in [0.15, 0.2) is 33.8 Å². The Labute approximate surface area is 156 Å². The lowest BCUT2D eigenvalue weighted by Gasteiger charge is -2.03. The van der Waals surface area contributed by atoms with Crippen LogP contribution in [0.25, 0.3) is 21.3 Å². The molecule has 11 heteroatoms. The molecule has 26 heavy (non-hydrogen) atoms. The van der Waals surface area contributed by atoms with Gasteiger partial charge in [0, 0.05) is 31.9 Å². The maximum absolute atomic E-state index is 12.9. The van der Waals surface area contributed by atoms with Crippen LogP contribution in [0, 0.1) is 0 Å². The van der Waals surface area contributed by atoms with Gasteiger partial charge >= 0.3 is 0 Å². The van der Waals surface area contributed by atoms with E-state index in [2.05, 4.69) is 26.5 Å². The lowest BCUT2D eigenvalue weighted by atomic mass is 10.3. The van der Waals surface area contributed by atoms with Crippen LogP contribution in [-0.2, 0) is 20.0 Å². The van der Waals surface area contributed by atoms with Gasteiger partial charge in [-0.05, 0) is 0 Å². The van der Waals surface area contributed by atoms with Crippen LogP contribution >= 0.6 is 22.7 Å². The van der Waals surface area contributed by atoms with E-state index in [1.165, 1.54) is 16.0 Å². The van der Waals surface area contributed by atoms with E-state index in [0.29, 0.717) is 18.5 Å². The molecule has 0 bridgehead atoms. The van der Waals surface area contributed by atoms with Crippen molar-refractivity contribution in [2.75, 3.05) is 0 Å². The molecule has 3 N–H and O–H groups in total. The van der Waals surface area contributed by atoms with Crippen molar-refractivity contribution >= 4 is 43.9 Å². The van der Waals surface area contributed by atoms with E-state index >= 15 is 0 Å². The number of hydrogen-bond acceptors (Lipinski definition) is 9. The normalized spacial score (nSPS) is 14.0. The lowest BCUT2D eigenvalue weighted by Crippen LogP contribution is -2.31. The first-order chi connectivity index (χ1) is 12.7. The second kappa shape index (κ2) is 5.90. The molecule has 0 aliphatic carbocycles. The fraction of sp³-hybridized carbons (Fsp3) is 0.200. The van der Waals surface area contributed by atoms with Gasteiger partial charge in [-0.2, -0.15) is 10.6 Å². The van der Waals surface area contributed by atoms with Gasteiger partial charge in [0.15, 0.2) is 5.65 Å². The van der Waals surface area contributed by atoms with Crippen LogP contribution in [0.3, 0.4) is 0 Å². The Morgan fingerprint density at radius 3 is 3.08 bits per heavy atom. The van der Waals surface area contributed by atoms with Gasteiger partial charge in [0.05, 0.1) is 34.3 Å². The maximum Gasteiger partial charge on any atom is 0.291 e. The molecule has 0 amide bonds. The molecule has 0 unspecified atom stereocenters. The number of aryl methyl sites for hydroxylation is 1. The minimum Gasteiger partial charge on any atom is -0.323 e. The van der Waals surface area contributed by atoms with Crippen molar-refractivity contribution in [2.45, 2.75) is 13.0 Å². The minimum atomic E-state index is -0.127. The Balaban J connectivity index is 0.00000180. The Hall–Kier alpha value is -2.76. The fourth-order valence-electron chi connectivity index (χ4n) is 3.02. The van der Waals surface area contributed by atoms with Gasteiger partial charge in [-0.1, -0.05) is 0 Å². The van der Waals surface area contributed by atoms with Gasteiger partial charge in [-0.3, -0.25) is 4.79 Å². The zero-order valence-corrected chi connectivity index (χ0v) is 15.3. The summed E-state index contributed by atoms with van der Waals surface area (Å²) in [5.41, 5.74) is 13.6. The summed E-state index contributed by atoms with van der Waals surface area (Å²) in [6.07, 6.45) is 4.31. The SMILES string of the molecule is Cn1c2nc(CC3=CNNN3)sc2c2cnn(Cc3cscn3)c(=O)c21.[HH]. The van der Waals surface area contributed by atoms with E-state index in [1.807, 2.05) is 23.2 Å². The van der Waals surface area contributed by atoms with E-state index in [1.54, 1.807) is 23.0 Å². The molecule has 0 saturated carbocycles. The highest BCUT2D eigenvalue weighted by atomic mass is 32.1. The van der Waals surface area contributed by atoms with Crippen LogP contribution < -0.4 is 21.9 Å². The van der Waals surface area contributed by atoms with Crippen molar-refractivity contribution in [1.29, 1.82) is 0 Å². The summed E-state index contributed by atoms with van der Waals surface area (Å²) in [4.78, 5) is 21.8. The Morgan fingerprint density at radius 1 is 1.38 bits per heavy atom. The largest absolute Gasteiger partial charge is 0.323 e. The van der Waals surface area contributed by atoms with Crippen LogP contribution in [0.5, 0.6) is 0 Å². The average molecular weight is 388 g/mol. The van der Waals surface area contributed by atoms with Crippen molar-refractivity contribution in [3.63, 3.8) is 0 Å². The highest BCUT2D eigenvalue weighted by molar-refractivity contribution is 7.19.